The van der Waals surface area contributed by atoms with Crippen LogP contribution in [0.4, 0.5) is 0 Å². The second kappa shape index (κ2) is 10.1. The lowest BCUT2D eigenvalue weighted by molar-refractivity contribution is -0.139. The Morgan fingerprint density at radius 1 is 0.958 bits per heavy atom. The molecule has 0 aromatic rings. The summed E-state index contributed by atoms with van der Waals surface area (Å²) in [5.74, 6) is 1.02. The van der Waals surface area contributed by atoms with Crippen LogP contribution in [0.3, 0.4) is 0 Å². The fourth-order valence-corrected chi connectivity index (χ4v) is 8.72. The summed E-state index contributed by atoms with van der Waals surface area (Å²) in [6.45, 7) is 21.5. The molecule has 5 heteroatoms. The van der Waals surface area contributed by atoms with Crippen molar-refractivity contribution in [2.24, 2.45) is 17.8 Å². The summed E-state index contributed by atoms with van der Waals surface area (Å²) in [6, 6.07) is 2.87. The summed E-state index contributed by atoms with van der Waals surface area (Å²) in [7, 11) is -1.74. The maximum Gasteiger partial charge on any atom is 0.295 e. The van der Waals surface area contributed by atoms with Crippen LogP contribution >= 0.6 is 0 Å². The molecule has 0 aliphatic rings. The van der Waals surface area contributed by atoms with E-state index in [2.05, 4.69) is 41.5 Å². The Balaban J connectivity index is 4.95. The van der Waals surface area contributed by atoms with Crippen LogP contribution in [-0.2, 0) is 13.6 Å². The van der Waals surface area contributed by atoms with Crippen molar-refractivity contribution in [1.29, 1.82) is 0 Å². The van der Waals surface area contributed by atoms with Gasteiger partial charge in [0.2, 0.25) is 9.76 Å². The molecule has 2 radical (unpaired) electrons. The maximum absolute atomic E-state index is 12.7. The highest BCUT2D eigenvalue weighted by Crippen LogP contribution is 2.37. The van der Waals surface area contributed by atoms with Crippen LogP contribution in [0.5, 0.6) is 0 Å². The number of carbonyl (C=O) groups is 1. The third-order valence-corrected chi connectivity index (χ3v) is 11.3. The first-order valence-corrected chi connectivity index (χ1v) is 12.9. The zero-order valence-electron chi connectivity index (χ0n) is 17.7. The molecule has 0 saturated carbocycles. The van der Waals surface area contributed by atoms with E-state index in [1.807, 2.05) is 27.7 Å². The third kappa shape index (κ3) is 9.37. The molecule has 24 heavy (non-hydrogen) atoms. The molecule has 0 saturated heterocycles. The number of rotatable bonds is 10. The van der Waals surface area contributed by atoms with E-state index >= 15 is 0 Å². The highest BCUT2D eigenvalue weighted by atomic mass is 28.4. The van der Waals surface area contributed by atoms with Crippen molar-refractivity contribution in [2.75, 3.05) is 0 Å². The van der Waals surface area contributed by atoms with Crippen molar-refractivity contribution in [3.8, 4) is 0 Å². The predicted molar refractivity (Wildman–Crippen MR) is 107 cm³/mol. The van der Waals surface area contributed by atoms with Crippen LogP contribution in [0.25, 0.3) is 0 Å². The van der Waals surface area contributed by atoms with Gasteiger partial charge in [0.1, 0.15) is 0 Å². The molecule has 0 aromatic heterocycles. The summed E-state index contributed by atoms with van der Waals surface area (Å²) < 4.78 is 12.1. The minimum Gasteiger partial charge on any atom is -0.519 e. The molecular formula is C19H40O3Si2. The van der Waals surface area contributed by atoms with Gasteiger partial charge >= 0.3 is 0 Å². The maximum atomic E-state index is 12.7. The van der Waals surface area contributed by atoms with Crippen molar-refractivity contribution in [3.05, 3.63) is 0 Å². The highest BCUT2D eigenvalue weighted by molar-refractivity contribution is 6.76. The molecular weight excluding hydrogens is 332 g/mol. The summed E-state index contributed by atoms with van der Waals surface area (Å²) >= 11 is 0. The Hall–Kier alpha value is -0.136. The van der Waals surface area contributed by atoms with Crippen molar-refractivity contribution < 1.29 is 13.6 Å². The Labute approximate surface area is 154 Å². The Kier molecular flexibility index (Phi) is 10.1. The van der Waals surface area contributed by atoms with Crippen LogP contribution in [-0.4, -0.2) is 29.7 Å². The number of hydrogen-bond acceptors (Lipinski definition) is 3. The first-order valence-electron chi connectivity index (χ1n) is 9.42. The van der Waals surface area contributed by atoms with Crippen LogP contribution in [0.1, 0.15) is 69.2 Å². The normalized spacial score (nSPS) is 14.5. The van der Waals surface area contributed by atoms with E-state index in [9.17, 15) is 4.79 Å². The second-order valence-electron chi connectivity index (χ2n) is 9.30. The van der Waals surface area contributed by atoms with Crippen LogP contribution in [0, 0.1) is 17.8 Å². The zero-order chi connectivity index (χ0) is 19.1. The van der Waals surface area contributed by atoms with Gasteiger partial charge in [-0.3, -0.25) is 4.79 Å². The summed E-state index contributed by atoms with van der Waals surface area (Å²) in [5, 5.41) is 0. The highest BCUT2D eigenvalue weighted by Gasteiger charge is 2.43. The van der Waals surface area contributed by atoms with E-state index in [4.69, 9.17) is 8.85 Å². The third-order valence-electron chi connectivity index (χ3n) is 4.03. The largest absolute Gasteiger partial charge is 0.519 e. The van der Waals surface area contributed by atoms with Crippen LogP contribution < -0.4 is 0 Å². The number of hydrogen-bond donors (Lipinski definition) is 0. The molecule has 1 unspecified atom stereocenters. The Morgan fingerprint density at radius 2 is 1.42 bits per heavy atom. The molecule has 0 aromatic carbocycles. The molecule has 0 spiro atoms. The first kappa shape index (κ1) is 23.9. The van der Waals surface area contributed by atoms with Crippen LogP contribution in [0.2, 0.25) is 23.7 Å². The fourth-order valence-electron chi connectivity index (χ4n) is 2.91. The van der Waals surface area contributed by atoms with E-state index < -0.39 is 8.32 Å². The molecule has 0 amide bonds. The van der Waals surface area contributed by atoms with E-state index in [1.165, 1.54) is 0 Å². The Morgan fingerprint density at radius 3 is 1.75 bits per heavy atom. The van der Waals surface area contributed by atoms with Gasteiger partial charge in [-0.05, 0) is 56.3 Å². The van der Waals surface area contributed by atoms with Gasteiger partial charge in [0, 0.05) is 5.60 Å². The monoisotopic (exact) mass is 372 g/mol. The molecule has 0 rings (SSSR count). The van der Waals surface area contributed by atoms with Gasteiger partial charge in [-0.1, -0.05) is 48.5 Å². The lowest BCUT2D eigenvalue weighted by Gasteiger charge is -2.38. The van der Waals surface area contributed by atoms with E-state index in [-0.39, 0.29) is 17.5 Å². The van der Waals surface area contributed by atoms with E-state index in [0.29, 0.717) is 27.1 Å². The van der Waals surface area contributed by atoms with Crippen molar-refractivity contribution >= 4 is 24.0 Å². The van der Waals surface area contributed by atoms with Crippen LogP contribution in [0.15, 0.2) is 0 Å². The minimum atomic E-state index is -2.09. The summed E-state index contributed by atoms with van der Waals surface area (Å²) in [5.41, 5.74) is 0.306. The lowest BCUT2D eigenvalue weighted by atomic mass is 10.2. The van der Waals surface area contributed by atoms with E-state index in [0.717, 1.165) is 18.1 Å². The van der Waals surface area contributed by atoms with Gasteiger partial charge in [-0.25, -0.2) is 0 Å². The molecule has 1 atom stereocenters. The molecule has 3 nitrogen and oxygen atoms in total. The molecule has 0 aliphatic heterocycles. The molecule has 0 fully saturated rings. The molecule has 0 bridgehead atoms. The fraction of sp³-hybridized carbons (Fsp3) is 0.947. The average Bonchev–Trinajstić information content (AvgIpc) is 2.34. The van der Waals surface area contributed by atoms with Gasteiger partial charge in [0.25, 0.3) is 14.3 Å². The summed E-state index contributed by atoms with van der Waals surface area (Å²) in [6.07, 6.45) is 0. The van der Waals surface area contributed by atoms with Crippen molar-refractivity contribution in [1.82, 2.24) is 0 Å². The van der Waals surface area contributed by atoms with Gasteiger partial charge < -0.3 is 8.85 Å². The Bertz CT molecular complexity index is 363. The van der Waals surface area contributed by atoms with Gasteiger partial charge in [0.05, 0.1) is 5.92 Å². The standard InChI is InChI=1S/C19H40O3Si2/c1-14(2)12-24(16(5)6,13-15(3)4)21-18(20)17(7)11-23-22-19(8,9)10/h14-17H,11-13H2,1-10H3. The van der Waals surface area contributed by atoms with Gasteiger partial charge in [-0.2, -0.15) is 0 Å². The molecule has 0 N–H and O–H groups in total. The number of carbonyl (C=O) groups excluding carboxylic acids is 1. The first-order chi connectivity index (χ1) is 10.8. The summed E-state index contributed by atoms with van der Waals surface area (Å²) in [4.78, 5) is 12.7. The van der Waals surface area contributed by atoms with Gasteiger partial charge in [0.15, 0.2) is 0 Å². The van der Waals surface area contributed by atoms with Gasteiger partial charge in [-0.15, -0.1) is 0 Å². The minimum absolute atomic E-state index is 0.0123. The molecule has 142 valence electrons. The second-order valence-corrected chi connectivity index (χ2v) is 14.5. The smallest absolute Gasteiger partial charge is 0.295 e. The zero-order valence-corrected chi connectivity index (χ0v) is 19.7. The molecule has 0 heterocycles. The van der Waals surface area contributed by atoms with Crippen molar-refractivity contribution in [2.45, 2.75) is 98.5 Å². The van der Waals surface area contributed by atoms with Crippen molar-refractivity contribution in [3.63, 3.8) is 0 Å². The quantitative estimate of drug-likeness (QED) is 0.462. The molecule has 0 aliphatic carbocycles. The van der Waals surface area contributed by atoms with E-state index in [1.54, 1.807) is 0 Å². The average molecular weight is 373 g/mol. The topological polar surface area (TPSA) is 35.5 Å². The SMILES string of the molecule is CC(C)C[Si](CC(C)C)(OC(=O)C(C)C[Si]OC(C)(C)C)C(C)C. The lowest BCUT2D eigenvalue weighted by Crippen LogP contribution is -2.46. The predicted octanol–water partition coefficient (Wildman–Crippen LogP) is 5.69.